The lowest BCUT2D eigenvalue weighted by molar-refractivity contribution is -0.161. The van der Waals surface area contributed by atoms with E-state index in [4.69, 9.17) is 4.52 Å². The summed E-state index contributed by atoms with van der Waals surface area (Å²) < 4.78 is 61.5. The zero-order valence-corrected chi connectivity index (χ0v) is 18.8. The zero-order chi connectivity index (χ0) is 24.6. The van der Waals surface area contributed by atoms with Crippen LogP contribution < -0.4 is 10.6 Å². The predicted molar refractivity (Wildman–Crippen MR) is 113 cm³/mol. The van der Waals surface area contributed by atoms with Gasteiger partial charge in [0.15, 0.2) is 0 Å². The fourth-order valence-electron chi connectivity index (χ4n) is 3.74. The molecule has 1 amide bonds. The first kappa shape index (κ1) is 24.7. The maximum absolute atomic E-state index is 14.4. The van der Waals surface area contributed by atoms with Crippen molar-refractivity contribution >= 4 is 5.91 Å². The number of carbonyl (C=O) groups excluding carboxylic acids is 1. The molecule has 3 rings (SSSR count). The second kappa shape index (κ2) is 8.78. The van der Waals surface area contributed by atoms with Crippen molar-refractivity contribution in [3.05, 3.63) is 41.3 Å². The summed E-state index contributed by atoms with van der Waals surface area (Å²) in [5, 5.41) is 17.8. The summed E-state index contributed by atoms with van der Waals surface area (Å²) in [6.45, 7) is 5.81. The van der Waals surface area contributed by atoms with Gasteiger partial charge in [-0.2, -0.15) is 18.4 Å². The average Bonchev–Trinajstić information content (AvgIpc) is 3.40. The highest BCUT2D eigenvalue weighted by atomic mass is 19.4. The van der Waals surface area contributed by atoms with Crippen LogP contribution in [0.25, 0.3) is 11.1 Å². The van der Waals surface area contributed by atoms with E-state index < -0.39 is 41.8 Å². The van der Waals surface area contributed by atoms with Crippen LogP contribution in [0.1, 0.15) is 56.2 Å². The van der Waals surface area contributed by atoms with Gasteiger partial charge in [0.2, 0.25) is 5.91 Å². The number of alkyl halides is 4. The standard InChI is InChI=1S/C23H26F4N4O2/c1-13-18(14(2)33-31-13)15-5-7-16(8-6-15)19(23(25,26)27)29-17(11-21(3,4)24)20(32)30-22(12-28)9-10-22/h5-8,17,19,29H,9-11H2,1-4H3,(H,30,32)/t17-,19-/m0/s1. The van der Waals surface area contributed by atoms with E-state index in [0.717, 1.165) is 0 Å². The highest BCUT2D eigenvalue weighted by molar-refractivity contribution is 5.83. The molecule has 6 nitrogen and oxygen atoms in total. The lowest BCUT2D eigenvalue weighted by Crippen LogP contribution is -2.53. The number of aromatic nitrogens is 1. The van der Waals surface area contributed by atoms with Crippen molar-refractivity contribution in [2.24, 2.45) is 0 Å². The summed E-state index contributed by atoms with van der Waals surface area (Å²) in [5.41, 5.74) is -1.18. The number of halogens is 4. The fourth-order valence-corrected chi connectivity index (χ4v) is 3.74. The minimum Gasteiger partial charge on any atom is -0.361 e. The molecule has 1 aliphatic carbocycles. The molecular weight excluding hydrogens is 440 g/mol. The molecule has 33 heavy (non-hydrogen) atoms. The van der Waals surface area contributed by atoms with Gasteiger partial charge < -0.3 is 9.84 Å². The Morgan fingerprint density at radius 2 is 1.82 bits per heavy atom. The van der Waals surface area contributed by atoms with E-state index >= 15 is 0 Å². The van der Waals surface area contributed by atoms with Gasteiger partial charge in [0, 0.05) is 12.0 Å². The normalized spacial score (nSPS) is 17.2. The van der Waals surface area contributed by atoms with E-state index in [0.29, 0.717) is 35.4 Å². The first-order valence-electron chi connectivity index (χ1n) is 10.5. The number of benzene rings is 1. The summed E-state index contributed by atoms with van der Waals surface area (Å²) in [6.07, 6.45) is -4.43. The van der Waals surface area contributed by atoms with Crippen molar-refractivity contribution in [1.82, 2.24) is 15.8 Å². The second-order valence-corrected chi connectivity index (χ2v) is 9.12. The number of nitrogens with zero attached hydrogens (tertiary/aromatic N) is 2. The van der Waals surface area contributed by atoms with Crippen LogP contribution in [0.2, 0.25) is 0 Å². The highest BCUT2D eigenvalue weighted by Gasteiger charge is 2.48. The number of hydrogen-bond acceptors (Lipinski definition) is 5. The Hall–Kier alpha value is -2.93. The Morgan fingerprint density at radius 3 is 2.24 bits per heavy atom. The van der Waals surface area contributed by atoms with Crippen LogP contribution in [-0.4, -0.2) is 34.5 Å². The molecule has 178 valence electrons. The molecule has 0 aliphatic heterocycles. The monoisotopic (exact) mass is 466 g/mol. The predicted octanol–water partition coefficient (Wildman–Crippen LogP) is 4.83. The average molecular weight is 466 g/mol. The maximum atomic E-state index is 14.4. The first-order valence-corrected chi connectivity index (χ1v) is 10.5. The molecule has 0 radical (unpaired) electrons. The van der Waals surface area contributed by atoms with Gasteiger partial charge in [-0.3, -0.25) is 10.1 Å². The molecule has 0 bridgehead atoms. The third kappa shape index (κ3) is 5.90. The van der Waals surface area contributed by atoms with Crippen molar-refractivity contribution in [2.75, 3.05) is 0 Å². The molecular formula is C23H26F4N4O2. The Kier molecular flexibility index (Phi) is 6.58. The van der Waals surface area contributed by atoms with Crippen LogP contribution in [-0.2, 0) is 4.79 Å². The van der Waals surface area contributed by atoms with Crippen molar-refractivity contribution in [2.45, 2.75) is 76.4 Å². The van der Waals surface area contributed by atoms with Crippen LogP contribution in [0.4, 0.5) is 17.6 Å². The molecule has 1 aliphatic rings. The molecule has 2 atom stereocenters. The molecule has 1 aromatic heterocycles. The number of hydrogen-bond donors (Lipinski definition) is 2. The molecule has 0 saturated heterocycles. The van der Waals surface area contributed by atoms with Gasteiger partial charge in [-0.25, -0.2) is 4.39 Å². The Morgan fingerprint density at radius 1 is 1.21 bits per heavy atom. The van der Waals surface area contributed by atoms with E-state index in [2.05, 4.69) is 15.8 Å². The highest BCUT2D eigenvalue weighted by Crippen LogP contribution is 2.37. The van der Waals surface area contributed by atoms with E-state index in [-0.39, 0.29) is 5.56 Å². The van der Waals surface area contributed by atoms with E-state index in [1.54, 1.807) is 13.8 Å². The van der Waals surface area contributed by atoms with Crippen LogP contribution in [0, 0.1) is 25.2 Å². The van der Waals surface area contributed by atoms with Crippen molar-refractivity contribution < 1.29 is 26.9 Å². The zero-order valence-electron chi connectivity index (χ0n) is 18.8. The van der Waals surface area contributed by atoms with Gasteiger partial charge in [0.25, 0.3) is 0 Å². The topological polar surface area (TPSA) is 90.9 Å². The smallest absolute Gasteiger partial charge is 0.361 e. The largest absolute Gasteiger partial charge is 0.407 e. The molecule has 2 aromatic rings. The van der Waals surface area contributed by atoms with Crippen LogP contribution in [0.5, 0.6) is 0 Å². The van der Waals surface area contributed by atoms with Crippen LogP contribution >= 0.6 is 0 Å². The summed E-state index contributed by atoms with van der Waals surface area (Å²) in [5.74, 6) is -0.291. The molecule has 0 unspecified atom stereocenters. The molecule has 10 heteroatoms. The quantitative estimate of drug-likeness (QED) is 0.544. The number of nitrogens with one attached hydrogen (secondary N) is 2. The van der Waals surface area contributed by atoms with E-state index in [9.17, 15) is 27.6 Å². The number of aryl methyl sites for hydroxylation is 2. The number of amides is 1. The van der Waals surface area contributed by atoms with Crippen molar-refractivity contribution in [3.63, 3.8) is 0 Å². The fraction of sp³-hybridized carbons (Fsp3) is 0.522. The molecule has 2 N–H and O–H groups in total. The second-order valence-electron chi connectivity index (χ2n) is 9.12. The van der Waals surface area contributed by atoms with Gasteiger partial charge in [-0.05, 0) is 51.7 Å². The third-order valence-electron chi connectivity index (χ3n) is 5.59. The number of carbonyl (C=O) groups is 1. The van der Waals surface area contributed by atoms with Gasteiger partial charge in [-0.1, -0.05) is 29.4 Å². The van der Waals surface area contributed by atoms with E-state index in [1.165, 1.54) is 38.1 Å². The summed E-state index contributed by atoms with van der Waals surface area (Å²) in [6, 6.07) is 3.89. The van der Waals surface area contributed by atoms with Gasteiger partial charge in [-0.15, -0.1) is 0 Å². The SMILES string of the molecule is Cc1noc(C)c1-c1ccc([C@H](N[C@@H](CC(C)(C)F)C(=O)NC2(C#N)CC2)C(F)(F)F)cc1. The first-order chi connectivity index (χ1) is 15.2. The Bertz CT molecular complexity index is 1020. The summed E-state index contributed by atoms with van der Waals surface area (Å²) >= 11 is 0. The lowest BCUT2D eigenvalue weighted by Gasteiger charge is -2.30. The molecule has 1 fully saturated rings. The van der Waals surface area contributed by atoms with Gasteiger partial charge >= 0.3 is 6.18 Å². The van der Waals surface area contributed by atoms with Crippen LogP contribution in [0.15, 0.2) is 28.8 Å². The minimum atomic E-state index is -4.75. The van der Waals surface area contributed by atoms with E-state index in [1.807, 2.05) is 6.07 Å². The third-order valence-corrected chi connectivity index (χ3v) is 5.59. The van der Waals surface area contributed by atoms with Gasteiger partial charge in [0.05, 0.1) is 17.8 Å². The summed E-state index contributed by atoms with van der Waals surface area (Å²) in [7, 11) is 0. The molecule has 1 saturated carbocycles. The minimum absolute atomic E-state index is 0.131. The summed E-state index contributed by atoms with van der Waals surface area (Å²) in [4.78, 5) is 12.7. The molecule has 1 aromatic carbocycles. The lowest BCUT2D eigenvalue weighted by atomic mass is 9.96. The number of rotatable bonds is 8. The van der Waals surface area contributed by atoms with Gasteiger partial charge in [0.1, 0.15) is 23.0 Å². The molecule has 0 spiro atoms. The maximum Gasteiger partial charge on any atom is 0.407 e. The molecule has 1 heterocycles. The Labute approximate surface area is 189 Å². The Balaban J connectivity index is 1.89. The van der Waals surface area contributed by atoms with Crippen molar-refractivity contribution in [1.29, 1.82) is 5.26 Å². The van der Waals surface area contributed by atoms with Crippen LogP contribution in [0.3, 0.4) is 0 Å². The van der Waals surface area contributed by atoms with Crippen molar-refractivity contribution in [3.8, 4) is 17.2 Å². The number of nitriles is 1.